The maximum atomic E-state index is 12.1. The van der Waals surface area contributed by atoms with Crippen LogP contribution in [0.3, 0.4) is 0 Å². The van der Waals surface area contributed by atoms with Crippen LogP contribution < -0.4 is 21.3 Å². The highest BCUT2D eigenvalue weighted by Gasteiger charge is 2.24. The third-order valence-electron chi connectivity index (χ3n) is 6.13. The van der Waals surface area contributed by atoms with Crippen LogP contribution in [0.4, 0.5) is 22.1 Å². The van der Waals surface area contributed by atoms with Gasteiger partial charge in [0.2, 0.25) is 0 Å². The molecule has 4 heterocycles. The molecule has 1 unspecified atom stereocenters. The van der Waals surface area contributed by atoms with Crippen LogP contribution in [-0.2, 0) is 9.53 Å². The van der Waals surface area contributed by atoms with Crippen molar-refractivity contribution >= 4 is 52.6 Å². The van der Waals surface area contributed by atoms with Crippen LogP contribution >= 0.6 is 11.6 Å². The zero-order valence-corrected chi connectivity index (χ0v) is 20.7. The quantitative estimate of drug-likeness (QED) is 0.271. The summed E-state index contributed by atoms with van der Waals surface area (Å²) in [6, 6.07) is 8.46. The largest absolute Gasteiger partial charge is 0.379 e. The van der Waals surface area contributed by atoms with E-state index in [0.717, 1.165) is 13.1 Å². The second kappa shape index (κ2) is 10.4. The summed E-state index contributed by atoms with van der Waals surface area (Å²) in [6.45, 7) is 5.95. The molecular formula is C24H24ClN9O3. The van der Waals surface area contributed by atoms with Crippen molar-refractivity contribution in [3.8, 4) is 6.07 Å². The molecule has 37 heavy (non-hydrogen) atoms. The molecule has 4 N–H and O–H groups in total. The van der Waals surface area contributed by atoms with Gasteiger partial charge in [-0.3, -0.25) is 15.0 Å². The highest BCUT2D eigenvalue weighted by Crippen LogP contribution is 2.28. The second-order valence-corrected chi connectivity index (χ2v) is 9.05. The minimum atomic E-state index is -0.585. The van der Waals surface area contributed by atoms with Crippen LogP contribution in [0.5, 0.6) is 0 Å². The molecule has 0 aliphatic carbocycles. The summed E-state index contributed by atoms with van der Waals surface area (Å²) in [5.41, 5.74) is 2.11. The predicted octanol–water partition coefficient (Wildman–Crippen LogP) is 2.31. The fourth-order valence-corrected chi connectivity index (χ4v) is 4.36. The van der Waals surface area contributed by atoms with Crippen LogP contribution in [0.2, 0.25) is 5.02 Å². The summed E-state index contributed by atoms with van der Waals surface area (Å²) in [4.78, 5) is 30.6. The van der Waals surface area contributed by atoms with Crippen molar-refractivity contribution in [3.05, 3.63) is 52.3 Å². The highest BCUT2D eigenvalue weighted by atomic mass is 35.5. The Hall–Kier alpha value is -4.18. The van der Waals surface area contributed by atoms with Gasteiger partial charge in [-0.2, -0.15) is 14.9 Å². The summed E-state index contributed by atoms with van der Waals surface area (Å²) in [5.74, 6) is 0.614. The molecule has 2 aliphatic heterocycles. The number of aromatic nitrogens is 3. The molecule has 0 spiro atoms. The van der Waals surface area contributed by atoms with Gasteiger partial charge in [0.05, 0.1) is 41.8 Å². The molecule has 12 nitrogen and oxygen atoms in total. The minimum Gasteiger partial charge on any atom is -0.379 e. The van der Waals surface area contributed by atoms with E-state index in [9.17, 15) is 9.59 Å². The van der Waals surface area contributed by atoms with Crippen LogP contribution in [0.15, 0.2) is 36.2 Å². The SMILES string of the molecule is CC(CNc1cc(Nc2ccc(C#N)cc2Cl)nc2c(/C=C3\NC(=O)NC3=O)cnn12)N1CCOCC1. The number of morpholine rings is 1. The molecule has 1 aromatic carbocycles. The van der Waals surface area contributed by atoms with Crippen molar-refractivity contribution in [1.29, 1.82) is 5.26 Å². The van der Waals surface area contributed by atoms with Crippen LogP contribution in [0, 0.1) is 11.3 Å². The number of nitrogens with one attached hydrogen (secondary N) is 4. The molecule has 13 heteroatoms. The Kier molecular flexibility index (Phi) is 6.91. The number of carbonyl (C=O) groups is 2. The number of halogens is 1. The van der Waals surface area contributed by atoms with Crippen LogP contribution in [0.25, 0.3) is 11.7 Å². The normalized spacial score (nSPS) is 17.9. The lowest BCUT2D eigenvalue weighted by Crippen LogP contribution is -2.45. The Balaban J connectivity index is 1.49. The lowest BCUT2D eigenvalue weighted by Gasteiger charge is -2.32. The molecular weight excluding hydrogens is 498 g/mol. The minimum absolute atomic E-state index is 0.102. The molecule has 2 aromatic heterocycles. The molecule has 3 aromatic rings. The molecule has 190 valence electrons. The number of hydrogen-bond acceptors (Lipinski definition) is 9. The predicted molar refractivity (Wildman–Crippen MR) is 137 cm³/mol. The van der Waals surface area contributed by atoms with E-state index in [1.165, 1.54) is 6.08 Å². The summed E-state index contributed by atoms with van der Waals surface area (Å²) >= 11 is 6.37. The van der Waals surface area contributed by atoms with Gasteiger partial charge >= 0.3 is 6.03 Å². The molecule has 2 fully saturated rings. The Morgan fingerprint density at radius 1 is 1.27 bits per heavy atom. The topological polar surface area (TPSA) is 149 Å². The van der Waals surface area contributed by atoms with Crippen molar-refractivity contribution in [3.63, 3.8) is 0 Å². The maximum Gasteiger partial charge on any atom is 0.326 e. The number of carbonyl (C=O) groups excluding carboxylic acids is 2. The van der Waals surface area contributed by atoms with Crippen molar-refractivity contribution in [2.45, 2.75) is 13.0 Å². The number of imide groups is 1. The molecule has 5 rings (SSSR count). The number of amides is 3. The Morgan fingerprint density at radius 3 is 2.78 bits per heavy atom. The van der Waals surface area contributed by atoms with Crippen molar-refractivity contribution in [1.82, 2.24) is 30.1 Å². The average molecular weight is 522 g/mol. The number of anilines is 3. The third-order valence-corrected chi connectivity index (χ3v) is 6.44. The number of fused-ring (bicyclic) bond motifs is 1. The first-order valence-corrected chi connectivity index (χ1v) is 12.0. The van der Waals surface area contributed by atoms with E-state index in [1.807, 2.05) is 6.07 Å². The molecule has 1 atom stereocenters. The molecule has 0 bridgehead atoms. The number of nitriles is 1. The first-order chi connectivity index (χ1) is 17.9. The van der Waals surface area contributed by atoms with Gasteiger partial charge in [0.1, 0.15) is 17.3 Å². The van der Waals surface area contributed by atoms with Crippen LogP contribution in [-0.4, -0.2) is 70.3 Å². The summed E-state index contributed by atoms with van der Waals surface area (Å²) in [7, 11) is 0. The Morgan fingerprint density at radius 2 is 2.08 bits per heavy atom. The van der Waals surface area contributed by atoms with E-state index in [0.29, 0.717) is 58.9 Å². The third kappa shape index (κ3) is 5.34. The number of benzene rings is 1. The van der Waals surface area contributed by atoms with Crippen LogP contribution in [0.1, 0.15) is 18.1 Å². The van der Waals surface area contributed by atoms with Gasteiger partial charge in [-0.1, -0.05) is 11.6 Å². The number of urea groups is 1. The number of rotatable bonds is 7. The van der Waals surface area contributed by atoms with E-state index < -0.39 is 11.9 Å². The molecule has 0 radical (unpaired) electrons. The number of ether oxygens (including phenoxy) is 1. The van der Waals surface area contributed by atoms with E-state index in [2.05, 4.69) is 49.2 Å². The summed E-state index contributed by atoms with van der Waals surface area (Å²) in [6.07, 6.45) is 3.09. The van der Waals surface area contributed by atoms with Crippen molar-refractivity contribution in [2.75, 3.05) is 43.5 Å². The zero-order chi connectivity index (χ0) is 25.9. The van der Waals surface area contributed by atoms with Gasteiger partial charge in [0, 0.05) is 37.3 Å². The first-order valence-electron chi connectivity index (χ1n) is 11.7. The standard InChI is InChI=1S/C24H24ClN9O3/c1-14(33-4-6-37-7-5-33)12-27-21-10-20(29-18-3-2-15(11-26)8-17(18)25)31-22-16(13-28-34(21)22)9-19-23(35)32-24(36)30-19/h2-3,8-10,13-14,27H,4-7,12H2,1H3,(H,29,31)(H2,30,32,35,36)/b19-9-. The maximum absolute atomic E-state index is 12.1. The Bertz CT molecular complexity index is 1440. The lowest BCUT2D eigenvalue weighted by molar-refractivity contribution is -0.115. The van der Waals surface area contributed by atoms with Gasteiger partial charge in [-0.15, -0.1) is 0 Å². The van der Waals surface area contributed by atoms with E-state index >= 15 is 0 Å². The van der Waals surface area contributed by atoms with Gasteiger partial charge in [-0.25, -0.2) is 9.78 Å². The van der Waals surface area contributed by atoms with Gasteiger partial charge in [-0.05, 0) is 31.2 Å². The second-order valence-electron chi connectivity index (χ2n) is 8.64. The molecule has 2 saturated heterocycles. The molecule has 2 aliphatic rings. The Labute approximate surface area is 217 Å². The van der Waals surface area contributed by atoms with E-state index in [1.54, 1.807) is 28.9 Å². The lowest BCUT2D eigenvalue weighted by atomic mass is 10.2. The molecule has 0 saturated carbocycles. The van der Waals surface area contributed by atoms with Crippen molar-refractivity contribution < 1.29 is 14.3 Å². The monoisotopic (exact) mass is 521 g/mol. The van der Waals surface area contributed by atoms with Gasteiger partial charge in [0.15, 0.2) is 5.65 Å². The van der Waals surface area contributed by atoms with Crippen molar-refractivity contribution in [2.24, 2.45) is 0 Å². The average Bonchev–Trinajstić information content (AvgIpc) is 3.45. The number of hydrogen-bond donors (Lipinski definition) is 4. The van der Waals surface area contributed by atoms with Gasteiger partial charge < -0.3 is 20.7 Å². The zero-order valence-electron chi connectivity index (χ0n) is 19.9. The fraction of sp³-hybridized carbons (Fsp3) is 0.292. The summed E-state index contributed by atoms with van der Waals surface area (Å²) < 4.78 is 7.09. The molecule has 3 amide bonds. The fourth-order valence-electron chi connectivity index (χ4n) is 4.13. The number of nitrogens with zero attached hydrogens (tertiary/aromatic N) is 5. The highest BCUT2D eigenvalue weighted by molar-refractivity contribution is 6.33. The smallest absolute Gasteiger partial charge is 0.326 e. The first kappa shape index (κ1) is 24.5. The van der Waals surface area contributed by atoms with Gasteiger partial charge in [0.25, 0.3) is 5.91 Å². The summed E-state index contributed by atoms with van der Waals surface area (Å²) in [5, 5.41) is 25.3. The van der Waals surface area contributed by atoms with E-state index in [-0.39, 0.29) is 11.7 Å². The van der Waals surface area contributed by atoms with E-state index in [4.69, 9.17) is 21.6 Å².